The van der Waals surface area contributed by atoms with E-state index in [1.54, 1.807) is 19.3 Å². The van der Waals surface area contributed by atoms with Crippen LogP contribution in [0.4, 0.5) is 0 Å². The van der Waals surface area contributed by atoms with Crippen molar-refractivity contribution in [3.05, 3.63) is 35.9 Å². The lowest BCUT2D eigenvalue weighted by Gasteiger charge is -2.15. The smallest absolute Gasteiger partial charge is 0.260 e. The molecule has 7 heteroatoms. The number of rotatable bonds is 4. The van der Waals surface area contributed by atoms with E-state index in [2.05, 4.69) is 10.2 Å². The lowest BCUT2D eigenvalue weighted by atomic mass is 10.3. The highest BCUT2D eigenvalue weighted by molar-refractivity contribution is 7.89. The van der Waals surface area contributed by atoms with Crippen LogP contribution in [0.3, 0.4) is 0 Å². The molecule has 6 nitrogen and oxygen atoms in total. The highest BCUT2D eigenvalue weighted by Gasteiger charge is 2.22. The number of furan rings is 1. The van der Waals surface area contributed by atoms with E-state index in [0.29, 0.717) is 0 Å². The zero-order valence-electron chi connectivity index (χ0n) is 9.54. The first-order chi connectivity index (χ1) is 8.01. The third-order valence-corrected chi connectivity index (χ3v) is 4.26. The first kappa shape index (κ1) is 11.9. The highest BCUT2D eigenvalue weighted by Crippen LogP contribution is 2.16. The molecule has 2 rings (SSSR count). The van der Waals surface area contributed by atoms with Crippen molar-refractivity contribution in [2.45, 2.75) is 18.5 Å². The number of H-pyrrole nitrogens is 1. The lowest BCUT2D eigenvalue weighted by Crippen LogP contribution is -2.26. The van der Waals surface area contributed by atoms with Gasteiger partial charge in [-0.25, -0.2) is 8.42 Å². The van der Waals surface area contributed by atoms with Gasteiger partial charge in [0.1, 0.15) is 5.76 Å². The predicted molar refractivity (Wildman–Crippen MR) is 60.7 cm³/mol. The van der Waals surface area contributed by atoms with Crippen molar-refractivity contribution >= 4 is 10.0 Å². The second-order valence-corrected chi connectivity index (χ2v) is 5.70. The normalized spacial score (nSPS) is 12.2. The topological polar surface area (TPSA) is 79.2 Å². The number of hydrogen-bond acceptors (Lipinski definition) is 4. The number of hydrogen-bond donors (Lipinski definition) is 1. The van der Waals surface area contributed by atoms with Gasteiger partial charge in [0.15, 0.2) is 5.03 Å². The summed E-state index contributed by atoms with van der Waals surface area (Å²) in [5, 5.41) is 6.17. The Morgan fingerprint density at radius 3 is 2.76 bits per heavy atom. The summed E-state index contributed by atoms with van der Waals surface area (Å²) in [6.07, 6.45) is 2.95. The van der Waals surface area contributed by atoms with Crippen LogP contribution in [0.5, 0.6) is 0 Å². The summed E-state index contributed by atoms with van der Waals surface area (Å²) in [5.74, 6) is 0.719. The quantitative estimate of drug-likeness (QED) is 0.888. The summed E-state index contributed by atoms with van der Waals surface area (Å²) in [7, 11) is -2.00. The number of sulfonamides is 1. The number of aromatic amines is 1. The van der Waals surface area contributed by atoms with Gasteiger partial charge in [-0.1, -0.05) is 0 Å². The van der Waals surface area contributed by atoms with Gasteiger partial charge in [-0.05, 0) is 19.1 Å². The molecule has 92 valence electrons. The molecule has 0 unspecified atom stereocenters. The number of nitrogens with zero attached hydrogens (tertiary/aromatic N) is 2. The van der Waals surface area contributed by atoms with Crippen molar-refractivity contribution in [1.29, 1.82) is 0 Å². The molecule has 0 atom stereocenters. The van der Waals surface area contributed by atoms with Crippen molar-refractivity contribution < 1.29 is 12.8 Å². The minimum Gasteiger partial charge on any atom is -0.469 e. The molecule has 0 aliphatic heterocycles. The van der Waals surface area contributed by atoms with E-state index in [1.165, 1.54) is 23.6 Å². The lowest BCUT2D eigenvalue weighted by molar-refractivity contribution is 0.456. The Hall–Kier alpha value is -1.60. The number of aromatic nitrogens is 2. The standard InChI is InChI=1S/C10H13N3O3S/c1-8-9(4-6-16-8)7-13(2)17(14,15)10-3-5-11-12-10/h3-6H,7H2,1-2H3,(H,11,12). The predicted octanol–water partition coefficient (Wildman–Crippen LogP) is 1.13. The zero-order chi connectivity index (χ0) is 12.5. The molecule has 0 saturated heterocycles. The molecule has 0 fully saturated rings. The fourth-order valence-corrected chi connectivity index (χ4v) is 2.50. The van der Waals surface area contributed by atoms with Gasteiger partial charge in [0.05, 0.1) is 12.5 Å². The van der Waals surface area contributed by atoms with Crippen LogP contribution in [0, 0.1) is 6.92 Å². The SMILES string of the molecule is Cc1occc1CN(C)S(=O)(=O)c1ccn[nH]1. The molecule has 2 aromatic heterocycles. The minimum absolute atomic E-state index is 0.0844. The maximum absolute atomic E-state index is 12.1. The Kier molecular flexibility index (Phi) is 3.03. The molecular weight excluding hydrogens is 242 g/mol. The average molecular weight is 255 g/mol. The Morgan fingerprint density at radius 2 is 2.24 bits per heavy atom. The summed E-state index contributed by atoms with van der Waals surface area (Å²) in [6, 6.07) is 3.18. The van der Waals surface area contributed by atoms with Crippen molar-refractivity contribution in [3.8, 4) is 0 Å². The maximum atomic E-state index is 12.1. The summed E-state index contributed by atoms with van der Waals surface area (Å²) in [4.78, 5) is 0. The van der Waals surface area contributed by atoms with E-state index in [9.17, 15) is 8.42 Å². The van der Waals surface area contributed by atoms with Crippen LogP contribution >= 0.6 is 0 Å². The van der Waals surface area contributed by atoms with E-state index >= 15 is 0 Å². The van der Waals surface area contributed by atoms with Gasteiger partial charge in [0.25, 0.3) is 10.0 Å². The Bertz CT molecular complexity index is 586. The van der Waals surface area contributed by atoms with E-state index in [0.717, 1.165) is 11.3 Å². The van der Waals surface area contributed by atoms with E-state index < -0.39 is 10.0 Å². The fraction of sp³-hybridized carbons (Fsp3) is 0.300. The van der Waals surface area contributed by atoms with Crippen molar-refractivity contribution in [3.63, 3.8) is 0 Å². The molecule has 0 aliphatic rings. The summed E-state index contributed by atoms with van der Waals surface area (Å²) >= 11 is 0. The molecule has 0 spiro atoms. The molecule has 0 bridgehead atoms. The van der Waals surface area contributed by atoms with Crippen LogP contribution in [-0.4, -0.2) is 30.0 Å². The monoisotopic (exact) mass is 255 g/mol. The van der Waals surface area contributed by atoms with E-state index in [1.807, 2.05) is 0 Å². The van der Waals surface area contributed by atoms with Crippen LogP contribution in [-0.2, 0) is 16.6 Å². The molecule has 0 aliphatic carbocycles. The molecule has 17 heavy (non-hydrogen) atoms. The third-order valence-electron chi connectivity index (χ3n) is 2.52. The van der Waals surface area contributed by atoms with Gasteiger partial charge in [0, 0.05) is 19.2 Å². The molecule has 1 N–H and O–H groups in total. The molecule has 0 radical (unpaired) electrons. The second kappa shape index (κ2) is 4.34. The number of aryl methyl sites for hydroxylation is 1. The zero-order valence-corrected chi connectivity index (χ0v) is 10.4. The molecule has 0 saturated carbocycles. The van der Waals surface area contributed by atoms with Gasteiger partial charge in [0.2, 0.25) is 0 Å². The van der Waals surface area contributed by atoms with Gasteiger partial charge >= 0.3 is 0 Å². The first-order valence-corrected chi connectivity index (χ1v) is 6.44. The van der Waals surface area contributed by atoms with Gasteiger partial charge < -0.3 is 4.42 Å². The van der Waals surface area contributed by atoms with Crippen molar-refractivity contribution in [2.24, 2.45) is 0 Å². The second-order valence-electron chi connectivity index (χ2n) is 3.68. The molecule has 0 aromatic carbocycles. The van der Waals surface area contributed by atoms with Crippen molar-refractivity contribution in [2.75, 3.05) is 7.05 Å². The van der Waals surface area contributed by atoms with Crippen LogP contribution in [0.15, 0.2) is 34.0 Å². The van der Waals surface area contributed by atoms with Crippen LogP contribution in [0.25, 0.3) is 0 Å². The Balaban J connectivity index is 2.22. The molecular formula is C10H13N3O3S. The molecule has 2 heterocycles. The minimum atomic E-state index is -3.51. The average Bonchev–Trinajstić information content (AvgIpc) is 2.90. The largest absolute Gasteiger partial charge is 0.469 e. The molecule has 0 amide bonds. The van der Waals surface area contributed by atoms with E-state index in [-0.39, 0.29) is 11.6 Å². The maximum Gasteiger partial charge on any atom is 0.260 e. The van der Waals surface area contributed by atoms with E-state index in [4.69, 9.17) is 4.42 Å². The highest BCUT2D eigenvalue weighted by atomic mass is 32.2. The first-order valence-electron chi connectivity index (χ1n) is 5.00. The van der Waals surface area contributed by atoms with Crippen LogP contribution < -0.4 is 0 Å². The summed E-state index contributed by atoms with van der Waals surface area (Å²) in [6.45, 7) is 2.07. The number of nitrogens with one attached hydrogen (secondary N) is 1. The van der Waals surface area contributed by atoms with Crippen LogP contribution in [0.1, 0.15) is 11.3 Å². The van der Waals surface area contributed by atoms with Gasteiger partial charge in [-0.2, -0.15) is 9.40 Å². The Labute approximate surface area is 99.3 Å². The summed E-state index contributed by atoms with van der Waals surface area (Å²) in [5.41, 5.74) is 0.843. The van der Waals surface area contributed by atoms with Gasteiger partial charge in [-0.15, -0.1) is 0 Å². The Morgan fingerprint density at radius 1 is 1.47 bits per heavy atom. The summed E-state index contributed by atoms with van der Waals surface area (Å²) < 4.78 is 30.5. The third kappa shape index (κ3) is 2.25. The fourth-order valence-electron chi connectivity index (χ4n) is 1.45. The van der Waals surface area contributed by atoms with Crippen LogP contribution in [0.2, 0.25) is 0 Å². The van der Waals surface area contributed by atoms with Crippen molar-refractivity contribution in [1.82, 2.24) is 14.5 Å². The van der Waals surface area contributed by atoms with Gasteiger partial charge in [-0.3, -0.25) is 5.10 Å². The molecule has 2 aromatic rings.